The van der Waals surface area contributed by atoms with Crippen molar-refractivity contribution in [2.45, 2.75) is 6.92 Å². The van der Waals surface area contributed by atoms with Crippen LogP contribution in [0, 0.1) is 18.6 Å². The summed E-state index contributed by atoms with van der Waals surface area (Å²) in [6.45, 7) is 4.69. The second-order valence-electron chi connectivity index (χ2n) is 6.40. The summed E-state index contributed by atoms with van der Waals surface area (Å²) < 4.78 is 27.8. The first-order chi connectivity index (χ1) is 13.6. The van der Waals surface area contributed by atoms with Gasteiger partial charge in [0.1, 0.15) is 34.8 Å². The average Bonchev–Trinajstić information content (AvgIpc) is 2.71. The first kappa shape index (κ1) is 18.0. The molecule has 0 amide bonds. The van der Waals surface area contributed by atoms with Gasteiger partial charge in [0, 0.05) is 44.6 Å². The molecule has 3 heterocycles. The Morgan fingerprint density at radius 2 is 1.54 bits per heavy atom. The van der Waals surface area contributed by atoms with Crippen LogP contribution in [0.25, 0.3) is 0 Å². The smallest absolute Gasteiger partial charge is 0.225 e. The molecule has 144 valence electrons. The second-order valence-corrected chi connectivity index (χ2v) is 6.40. The van der Waals surface area contributed by atoms with Crippen LogP contribution in [0.4, 0.5) is 32.1 Å². The van der Waals surface area contributed by atoms with Gasteiger partial charge in [0.15, 0.2) is 0 Å². The van der Waals surface area contributed by atoms with Crippen molar-refractivity contribution < 1.29 is 8.78 Å². The molecule has 0 spiro atoms. The van der Waals surface area contributed by atoms with Crippen LogP contribution < -0.4 is 15.1 Å². The van der Waals surface area contributed by atoms with E-state index in [1.54, 1.807) is 31.5 Å². The molecule has 2 aromatic heterocycles. The maximum Gasteiger partial charge on any atom is 0.225 e. The Morgan fingerprint density at radius 3 is 2.21 bits per heavy atom. The van der Waals surface area contributed by atoms with Crippen molar-refractivity contribution >= 4 is 23.3 Å². The highest BCUT2D eigenvalue weighted by molar-refractivity contribution is 5.61. The number of aromatic nitrogens is 4. The third-order valence-electron chi connectivity index (χ3n) is 4.48. The molecule has 0 saturated carbocycles. The molecule has 0 aliphatic carbocycles. The fraction of sp³-hybridized carbons (Fsp3) is 0.263. The number of piperazine rings is 1. The number of anilines is 4. The Balaban J connectivity index is 1.50. The van der Waals surface area contributed by atoms with Crippen molar-refractivity contribution in [3.05, 3.63) is 60.2 Å². The summed E-state index contributed by atoms with van der Waals surface area (Å²) in [4.78, 5) is 21.5. The summed E-state index contributed by atoms with van der Waals surface area (Å²) >= 11 is 0. The molecule has 7 nitrogen and oxygen atoms in total. The Labute approximate surface area is 161 Å². The SMILES string of the molecule is Cc1nc(Nc2c(F)cccc2F)cc(N2CCN(c3ncccn3)CC2)n1. The maximum absolute atomic E-state index is 13.9. The standard InChI is InChI=1S/C19H19F2N7/c1-13-24-16(26-18-14(20)4-2-5-15(18)21)12-17(25-13)27-8-10-28(11-9-27)19-22-6-3-7-23-19/h2-7,12H,8-11H2,1H3,(H,24,25,26). The van der Waals surface area contributed by atoms with Crippen molar-refractivity contribution in [2.75, 3.05) is 41.3 Å². The zero-order valence-electron chi connectivity index (χ0n) is 15.3. The molecule has 4 rings (SSSR count). The fourth-order valence-corrected chi connectivity index (χ4v) is 3.11. The van der Waals surface area contributed by atoms with Gasteiger partial charge in [-0.2, -0.15) is 0 Å². The van der Waals surface area contributed by atoms with Crippen molar-refractivity contribution in [1.29, 1.82) is 0 Å². The van der Waals surface area contributed by atoms with E-state index >= 15 is 0 Å². The van der Waals surface area contributed by atoms with E-state index in [1.807, 2.05) is 0 Å². The van der Waals surface area contributed by atoms with E-state index in [0.29, 0.717) is 23.4 Å². The van der Waals surface area contributed by atoms with E-state index in [9.17, 15) is 8.78 Å². The molecule has 1 aliphatic heterocycles. The van der Waals surface area contributed by atoms with Crippen molar-refractivity contribution in [1.82, 2.24) is 19.9 Å². The third kappa shape index (κ3) is 3.83. The van der Waals surface area contributed by atoms with Gasteiger partial charge in [0.25, 0.3) is 0 Å². The summed E-state index contributed by atoms with van der Waals surface area (Å²) in [6, 6.07) is 7.21. The minimum Gasteiger partial charge on any atom is -0.353 e. The van der Waals surface area contributed by atoms with Gasteiger partial charge in [-0.25, -0.2) is 28.7 Å². The molecular weight excluding hydrogens is 364 g/mol. The largest absolute Gasteiger partial charge is 0.353 e. The van der Waals surface area contributed by atoms with Gasteiger partial charge in [0.05, 0.1) is 0 Å². The summed E-state index contributed by atoms with van der Waals surface area (Å²) in [5, 5.41) is 2.74. The van der Waals surface area contributed by atoms with Crippen molar-refractivity contribution in [2.24, 2.45) is 0 Å². The molecule has 1 saturated heterocycles. The number of hydrogen-bond donors (Lipinski definition) is 1. The van der Waals surface area contributed by atoms with E-state index in [0.717, 1.165) is 26.2 Å². The minimum absolute atomic E-state index is 0.224. The van der Waals surface area contributed by atoms with Crippen LogP contribution in [0.15, 0.2) is 42.7 Å². The lowest BCUT2D eigenvalue weighted by Gasteiger charge is -2.35. The number of nitrogens with zero attached hydrogens (tertiary/aromatic N) is 6. The van der Waals surface area contributed by atoms with Gasteiger partial charge in [-0.15, -0.1) is 0 Å². The highest BCUT2D eigenvalue weighted by Gasteiger charge is 2.21. The number of nitrogens with one attached hydrogen (secondary N) is 1. The quantitative estimate of drug-likeness (QED) is 0.743. The van der Waals surface area contributed by atoms with Crippen LogP contribution in [0.2, 0.25) is 0 Å². The highest BCUT2D eigenvalue weighted by Crippen LogP contribution is 2.25. The van der Waals surface area contributed by atoms with Gasteiger partial charge in [-0.1, -0.05) is 6.07 Å². The molecule has 0 radical (unpaired) electrons. The van der Waals surface area contributed by atoms with Crippen LogP contribution in [0.3, 0.4) is 0 Å². The molecule has 0 bridgehead atoms. The second kappa shape index (κ2) is 7.71. The van der Waals surface area contributed by atoms with Gasteiger partial charge in [0.2, 0.25) is 5.95 Å². The number of hydrogen-bond acceptors (Lipinski definition) is 7. The summed E-state index contributed by atoms with van der Waals surface area (Å²) in [6.07, 6.45) is 3.45. The zero-order chi connectivity index (χ0) is 19.5. The molecule has 1 N–H and O–H groups in total. The Hall–Kier alpha value is -3.36. The van der Waals surface area contributed by atoms with E-state index < -0.39 is 11.6 Å². The van der Waals surface area contributed by atoms with Crippen LogP contribution in [-0.4, -0.2) is 46.1 Å². The van der Waals surface area contributed by atoms with E-state index in [4.69, 9.17) is 0 Å². The zero-order valence-corrected chi connectivity index (χ0v) is 15.3. The van der Waals surface area contributed by atoms with E-state index in [1.165, 1.54) is 18.2 Å². The lowest BCUT2D eigenvalue weighted by Crippen LogP contribution is -2.47. The number of aryl methyl sites for hydroxylation is 1. The highest BCUT2D eigenvalue weighted by atomic mass is 19.1. The monoisotopic (exact) mass is 383 g/mol. The predicted molar refractivity (Wildman–Crippen MR) is 103 cm³/mol. The number of benzene rings is 1. The molecule has 0 atom stereocenters. The minimum atomic E-state index is -0.672. The van der Waals surface area contributed by atoms with E-state index in [2.05, 4.69) is 35.1 Å². The van der Waals surface area contributed by atoms with Crippen molar-refractivity contribution in [3.63, 3.8) is 0 Å². The number of rotatable bonds is 4. The van der Waals surface area contributed by atoms with Crippen LogP contribution in [0.5, 0.6) is 0 Å². The van der Waals surface area contributed by atoms with E-state index in [-0.39, 0.29) is 5.69 Å². The van der Waals surface area contributed by atoms with Crippen LogP contribution in [0.1, 0.15) is 5.82 Å². The van der Waals surface area contributed by atoms with Gasteiger partial charge >= 0.3 is 0 Å². The molecule has 1 fully saturated rings. The first-order valence-electron chi connectivity index (χ1n) is 8.94. The molecule has 3 aromatic rings. The Morgan fingerprint density at radius 1 is 0.893 bits per heavy atom. The normalized spacial score (nSPS) is 14.2. The fourth-order valence-electron chi connectivity index (χ4n) is 3.11. The molecule has 1 aromatic carbocycles. The molecule has 28 heavy (non-hydrogen) atoms. The first-order valence-corrected chi connectivity index (χ1v) is 8.94. The van der Waals surface area contributed by atoms with Gasteiger partial charge < -0.3 is 15.1 Å². The molecule has 9 heteroatoms. The lowest BCUT2D eigenvalue weighted by molar-refractivity contribution is 0.590. The Bertz CT molecular complexity index is 940. The van der Waals surface area contributed by atoms with Crippen molar-refractivity contribution in [3.8, 4) is 0 Å². The lowest BCUT2D eigenvalue weighted by atomic mass is 10.3. The molecule has 0 unspecified atom stereocenters. The number of halogens is 2. The van der Waals surface area contributed by atoms with Crippen LogP contribution in [-0.2, 0) is 0 Å². The van der Waals surface area contributed by atoms with Gasteiger partial charge in [-0.3, -0.25) is 0 Å². The topological polar surface area (TPSA) is 70.1 Å². The predicted octanol–water partition coefficient (Wildman–Crippen LogP) is 2.92. The van der Waals surface area contributed by atoms with Crippen LogP contribution >= 0.6 is 0 Å². The molecular formula is C19H19F2N7. The number of para-hydroxylation sites is 1. The summed E-state index contributed by atoms with van der Waals surface area (Å²) in [7, 11) is 0. The summed E-state index contributed by atoms with van der Waals surface area (Å²) in [5.74, 6) is 0.938. The molecule has 1 aliphatic rings. The average molecular weight is 383 g/mol. The van der Waals surface area contributed by atoms with Gasteiger partial charge in [-0.05, 0) is 25.1 Å². The maximum atomic E-state index is 13.9. The summed E-state index contributed by atoms with van der Waals surface area (Å²) in [5.41, 5.74) is -0.224. The third-order valence-corrected chi connectivity index (χ3v) is 4.48. The Kier molecular flexibility index (Phi) is 4.96.